The normalized spacial score (nSPS) is 16.5. The molecule has 0 amide bonds. The highest BCUT2D eigenvalue weighted by atomic mass is 35.5. The van der Waals surface area contributed by atoms with Crippen LogP contribution in [-0.2, 0) is 0 Å². The van der Waals surface area contributed by atoms with E-state index in [4.69, 9.17) is 11.6 Å². The molecule has 2 N–H and O–H groups in total. The predicted octanol–water partition coefficient (Wildman–Crippen LogP) is 0.641. The van der Waals surface area contributed by atoms with Gasteiger partial charge < -0.3 is 10.2 Å². The fourth-order valence-corrected chi connectivity index (χ4v) is 2.18. The highest BCUT2D eigenvalue weighted by Crippen LogP contribution is 2.37. The van der Waals surface area contributed by atoms with Crippen molar-refractivity contribution in [1.29, 1.82) is 0 Å². The van der Waals surface area contributed by atoms with E-state index in [1.165, 1.54) is 0 Å². The number of phenols is 2. The molecule has 0 unspecified atom stereocenters. The van der Waals surface area contributed by atoms with Crippen LogP contribution in [0.2, 0.25) is 5.02 Å². The summed E-state index contributed by atoms with van der Waals surface area (Å²) in [5.74, 6) is -0.600. The van der Waals surface area contributed by atoms with E-state index >= 15 is 0 Å². The van der Waals surface area contributed by atoms with Crippen LogP contribution < -0.4 is 10.6 Å². The lowest BCUT2D eigenvalue weighted by Gasteiger charge is -2.08. The monoisotopic (exact) mass is 222 g/mol. The van der Waals surface area contributed by atoms with Gasteiger partial charge in [0.05, 0.1) is 5.36 Å². The quantitative estimate of drug-likeness (QED) is 0.633. The first-order valence-corrected chi connectivity index (χ1v) is 4.93. The van der Waals surface area contributed by atoms with Crippen molar-refractivity contribution in [2.75, 3.05) is 6.54 Å². The Morgan fingerprint density at radius 3 is 2.87 bits per heavy atom. The molecule has 0 aromatic heterocycles. The Morgan fingerprint density at radius 1 is 1.27 bits per heavy atom. The number of nitrogens with zero attached hydrogens (tertiary/aromatic N) is 2. The first-order chi connectivity index (χ1) is 7.20. The number of aliphatic imine (C=N–C) groups is 1. The topological polar surface area (TPSA) is 65.2 Å². The van der Waals surface area contributed by atoms with E-state index in [2.05, 4.69) is 9.98 Å². The first kappa shape index (κ1) is 8.73. The average molecular weight is 223 g/mol. The van der Waals surface area contributed by atoms with E-state index in [-0.39, 0.29) is 16.5 Å². The molecule has 4 nitrogen and oxygen atoms in total. The summed E-state index contributed by atoms with van der Waals surface area (Å²) in [5.41, 5.74) is 1.40. The molecule has 0 bridgehead atoms. The van der Waals surface area contributed by atoms with E-state index in [1.807, 2.05) is 0 Å². The van der Waals surface area contributed by atoms with Gasteiger partial charge in [0.15, 0.2) is 11.5 Å². The van der Waals surface area contributed by atoms with Crippen LogP contribution in [0.4, 0.5) is 5.69 Å². The molecule has 0 saturated heterocycles. The van der Waals surface area contributed by atoms with Gasteiger partial charge in [-0.2, -0.15) is 0 Å². The van der Waals surface area contributed by atoms with Gasteiger partial charge in [-0.15, -0.1) is 0 Å². The van der Waals surface area contributed by atoms with Gasteiger partial charge in [-0.3, -0.25) is 9.98 Å². The Hall–Kier alpha value is -1.55. The summed E-state index contributed by atoms with van der Waals surface area (Å²) in [4.78, 5) is 8.31. The number of aromatic hydroxyl groups is 2. The molecule has 0 fully saturated rings. The maximum Gasteiger partial charge on any atom is 0.186 e. The van der Waals surface area contributed by atoms with Gasteiger partial charge in [0.25, 0.3) is 0 Å². The second kappa shape index (κ2) is 2.73. The van der Waals surface area contributed by atoms with E-state index in [1.54, 1.807) is 6.21 Å². The molecule has 76 valence electrons. The Labute approximate surface area is 89.9 Å². The Morgan fingerprint density at radius 2 is 2.07 bits per heavy atom. The summed E-state index contributed by atoms with van der Waals surface area (Å²) < 4.78 is 0. The molecule has 0 radical (unpaired) electrons. The van der Waals surface area contributed by atoms with Crippen molar-refractivity contribution in [3.63, 3.8) is 0 Å². The van der Waals surface area contributed by atoms with Crippen LogP contribution in [0.3, 0.4) is 0 Å². The summed E-state index contributed by atoms with van der Waals surface area (Å²) in [6.07, 6.45) is 2.49. The summed E-state index contributed by atoms with van der Waals surface area (Å²) in [6.45, 7) is 0.637. The van der Waals surface area contributed by atoms with Crippen molar-refractivity contribution in [2.24, 2.45) is 9.98 Å². The van der Waals surface area contributed by atoms with Gasteiger partial charge >= 0.3 is 0 Å². The highest BCUT2D eigenvalue weighted by Gasteiger charge is 2.22. The number of hydrogen-bond acceptors (Lipinski definition) is 4. The smallest absolute Gasteiger partial charge is 0.186 e. The molecule has 0 atom stereocenters. The summed E-state index contributed by atoms with van der Waals surface area (Å²) in [5, 5.41) is 20.6. The van der Waals surface area contributed by atoms with Crippen molar-refractivity contribution in [2.45, 2.75) is 6.42 Å². The largest absolute Gasteiger partial charge is 0.503 e. The fraction of sp³-hybridized carbons (Fsp3) is 0.200. The number of phenolic OH excluding ortho intramolecular Hbond substituents is 2. The lowest BCUT2D eigenvalue weighted by Crippen LogP contribution is -2.31. The van der Waals surface area contributed by atoms with Crippen molar-refractivity contribution < 1.29 is 10.2 Å². The summed E-state index contributed by atoms with van der Waals surface area (Å²) in [6, 6.07) is 0. The molecule has 2 aliphatic rings. The minimum atomic E-state index is -0.338. The van der Waals surface area contributed by atoms with Gasteiger partial charge in [0, 0.05) is 18.0 Å². The van der Waals surface area contributed by atoms with Crippen LogP contribution in [0.25, 0.3) is 5.57 Å². The number of halogens is 1. The highest BCUT2D eigenvalue weighted by molar-refractivity contribution is 6.32. The third-order valence-corrected chi connectivity index (χ3v) is 3.02. The molecule has 0 saturated carbocycles. The molecule has 2 heterocycles. The van der Waals surface area contributed by atoms with E-state index in [0.717, 1.165) is 17.2 Å². The third kappa shape index (κ3) is 0.969. The van der Waals surface area contributed by atoms with Crippen LogP contribution in [0, 0.1) is 0 Å². The van der Waals surface area contributed by atoms with Crippen molar-refractivity contribution >= 4 is 29.1 Å². The molecule has 0 aliphatic carbocycles. The fourth-order valence-electron chi connectivity index (χ4n) is 1.93. The molecule has 3 rings (SSSR count). The predicted molar refractivity (Wildman–Crippen MR) is 56.6 cm³/mol. The molecule has 15 heavy (non-hydrogen) atoms. The molecular formula is C10H7ClN2O2. The molecule has 5 heteroatoms. The Bertz CT molecular complexity index is 620. The van der Waals surface area contributed by atoms with Crippen LogP contribution in [0.5, 0.6) is 11.5 Å². The van der Waals surface area contributed by atoms with Crippen molar-refractivity contribution in [3.8, 4) is 11.5 Å². The lowest BCUT2D eigenvalue weighted by atomic mass is 10.1. The number of rotatable bonds is 0. The Kier molecular flexibility index (Phi) is 1.59. The SMILES string of the molecule is Oc1c(O)c2c3c(c1Cl)=NCCC=3C=N2. The minimum Gasteiger partial charge on any atom is -0.503 e. The number of benzene rings is 1. The lowest BCUT2D eigenvalue weighted by molar-refractivity contribution is 0.404. The molecule has 2 aliphatic heterocycles. The standard InChI is InChI=1S/C10H7ClN2O2/c11-6-7-5-4(1-2-12-7)3-13-8(5)10(15)9(6)14/h3,14-15H,1-2H2. The third-order valence-electron chi connectivity index (χ3n) is 2.66. The zero-order chi connectivity index (χ0) is 10.6. The average Bonchev–Trinajstić information content (AvgIpc) is 2.68. The molecule has 1 aromatic carbocycles. The summed E-state index contributed by atoms with van der Waals surface area (Å²) >= 11 is 5.91. The van der Waals surface area contributed by atoms with Crippen LogP contribution >= 0.6 is 11.6 Å². The van der Waals surface area contributed by atoms with E-state index in [9.17, 15) is 10.2 Å². The van der Waals surface area contributed by atoms with Crippen LogP contribution in [0.1, 0.15) is 6.42 Å². The number of hydrogen-bond donors (Lipinski definition) is 2. The summed E-state index contributed by atoms with van der Waals surface area (Å²) in [7, 11) is 0. The van der Waals surface area contributed by atoms with Crippen molar-refractivity contribution in [1.82, 2.24) is 0 Å². The van der Waals surface area contributed by atoms with Crippen LogP contribution in [-0.4, -0.2) is 23.0 Å². The van der Waals surface area contributed by atoms with Crippen molar-refractivity contribution in [3.05, 3.63) is 15.6 Å². The zero-order valence-electron chi connectivity index (χ0n) is 7.66. The van der Waals surface area contributed by atoms with Crippen LogP contribution in [0.15, 0.2) is 9.98 Å². The molecular weight excluding hydrogens is 216 g/mol. The van der Waals surface area contributed by atoms with Gasteiger partial charge in [0.2, 0.25) is 0 Å². The van der Waals surface area contributed by atoms with E-state index < -0.39 is 0 Å². The maximum absolute atomic E-state index is 9.66. The second-order valence-electron chi connectivity index (χ2n) is 3.50. The van der Waals surface area contributed by atoms with Gasteiger partial charge in [-0.05, 0) is 12.0 Å². The molecule has 0 spiro atoms. The van der Waals surface area contributed by atoms with Gasteiger partial charge in [-0.25, -0.2) is 0 Å². The minimum absolute atomic E-state index is 0.106. The van der Waals surface area contributed by atoms with Gasteiger partial charge in [0.1, 0.15) is 10.7 Å². The molecule has 1 aromatic rings. The second-order valence-corrected chi connectivity index (χ2v) is 3.88. The zero-order valence-corrected chi connectivity index (χ0v) is 8.41. The van der Waals surface area contributed by atoms with Gasteiger partial charge in [-0.1, -0.05) is 11.6 Å². The Balaban J connectivity index is 2.63. The first-order valence-electron chi connectivity index (χ1n) is 4.55. The van der Waals surface area contributed by atoms with E-state index in [0.29, 0.717) is 17.6 Å². The maximum atomic E-state index is 9.66.